The Morgan fingerprint density at radius 2 is 1.95 bits per heavy atom. The lowest BCUT2D eigenvalue weighted by atomic mass is 9.79. The van der Waals surface area contributed by atoms with Crippen LogP contribution in [-0.4, -0.2) is 5.97 Å². The van der Waals surface area contributed by atoms with Crippen LogP contribution < -0.4 is 5.11 Å². The fourth-order valence-corrected chi connectivity index (χ4v) is 2.95. The third kappa shape index (κ3) is 2.68. The smallest absolute Gasteiger partial charge is 0.0458 e. The van der Waals surface area contributed by atoms with Crippen LogP contribution in [0.15, 0.2) is 12.1 Å². The monoisotopic (exact) mass is 259 g/mol. The van der Waals surface area contributed by atoms with Gasteiger partial charge < -0.3 is 9.90 Å². The summed E-state index contributed by atoms with van der Waals surface area (Å²) >= 11 is 0. The first-order valence-corrected chi connectivity index (χ1v) is 6.98. The Kier molecular flexibility index (Phi) is 3.24. The predicted molar refractivity (Wildman–Crippen MR) is 75.2 cm³/mol. The number of carboxylic acids is 1. The number of hydrogen-bond acceptors (Lipinski definition) is 2. The molecule has 0 saturated heterocycles. The summed E-state index contributed by atoms with van der Waals surface area (Å²) in [7, 11) is 0. The van der Waals surface area contributed by atoms with E-state index in [9.17, 15) is 9.90 Å². The first-order valence-electron chi connectivity index (χ1n) is 6.98. The molecule has 2 rings (SSSR count). The molecule has 0 atom stereocenters. The van der Waals surface area contributed by atoms with Gasteiger partial charge in [-0.1, -0.05) is 46.8 Å². The minimum absolute atomic E-state index is 0.0301. The van der Waals surface area contributed by atoms with Crippen molar-refractivity contribution in [2.24, 2.45) is 0 Å². The molecule has 0 spiro atoms. The van der Waals surface area contributed by atoms with Gasteiger partial charge in [-0.05, 0) is 45.9 Å². The zero-order valence-corrected chi connectivity index (χ0v) is 12.6. The second-order valence-corrected chi connectivity index (χ2v) is 7.34. The van der Waals surface area contributed by atoms with Crippen molar-refractivity contribution < 1.29 is 9.90 Å². The highest BCUT2D eigenvalue weighted by molar-refractivity contribution is 5.69. The Morgan fingerprint density at radius 1 is 1.32 bits per heavy atom. The second kappa shape index (κ2) is 4.36. The zero-order chi connectivity index (χ0) is 14.4. The summed E-state index contributed by atoms with van der Waals surface area (Å²) in [4.78, 5) is 11.0. The summed E-state index contributed by atoms with van der Waals surface area (Å²) in [5, 5.41) is 11.0. The molecule has 0 amide bonds. The van der Waals surface area contributed by atoms with Gasteiger partial charge >= 0.3 is 0 Å². The summed E-state index contributed by atoms with van der Waals surface area (Å²) in [5.74, 6) is -0.988. The summed E-state index contributed by atoms with van der Waals surface area (Å²) in [5.41, 5.74) is 4.93. The topological polar surface area (TPSA) is 40.1 Å². The van der Waals surface area contributed by atoms with Crippen LogP contribution >= 0.6 is 0 Å². The maximum atomic E-state index is 11.0. The van der Waals surface area contributed by atoms with Crippen LogP contribution in [0.4, 0.5) is 0 Å². The van der Waals surface area contributed by atoms with Gasteiger partial charge in [0.2, 0.25) is 0 Å². The molecule has 0 radical (unpaired) electrons. The zero-order valence-electron chi connectivity index (χ0n) is 12.6. The lowest BCUT2D eigenvalue weighted by Crippen LogP contribution is -2.25. The largest absolute Gasteiger partial charge is 0.550 e. The lowest BCUT2D eigenvalue weighted by Gasteiger charge is -2.26. The normalized spacial score (nSPS) is 17.3. The Hall–Kier alpha value is -1.31. The van der Waals surface area contributed by atoms with E-state index in [4.69, 9.17) is 0 Å². The molecule has 0 bridgehead atoms. The first kappa shape index (κ1) is 14.1. The van der Waals surface area contributed by atoms with Crippen molar-refractivity contribution in [3.8, 4) is 0 Å². The minimum atomic E-state index is -0.988. The number of carboxylic acid groups (broad SMARTS) is 1. The standard InChI is InChI=1S/C17H24O2/c1-16(2,3)12-8-11(9-15(18)19)13-6-7-17(4,5)14(13)10-12/h8,10H,6-7,9H2,1-5H3,(H,18,19)/p-1. The van der Waals surface area contributed by atoms with Gasteiger partial charge in [-0.15, -0.1) is 0 Å². The Balaban J connectivity index is 2.61. The summed E-state index contributed by atoms with van der Waals surface area (Å²) in [6.07, 6.45) is 2.10. The van der Waals surface area contributed by atoms with Crippen molar-refractivity contribution in [2.45, 2.75) is 64.7 Å². The van der Waals surface area contributed by atoms with Crippen LogP contribution in [-0.2, 0) is 28.5 Å². The second-order valence-electron chi connectivity index (χ2n) is 7.34. The van der Waals surface area contributed by atoms with E-state index >= 15 is 0 Å². The van der Waals surface area contributed by atoms with Crippen molar-refractivity contribution >= 4 is 5.97 Å². The van der Waals surface area contributed by atoms with Crippen LogP contribution in [0.5, 0.6) is 0 Å². The van der Waals surface area contributed by atoms with Crippen molar-refractivity contribution in [3.05, 3.63) is 34.4 Å². The maximum Gasteiger partial charge on any atom is 0.0458 e. The van der Waals surface area contributed by atoms with E-state index in [0.717, 1.165) is 18.4 Å². The molecular formula is C17H23O2-. The molecule has 2 nitrogen and oxygen atoms in total. The van der Waals surface area contributed by atoms with Gasteiger partial charge in [0.1, 0.15) is 0 Å². The fourth-order valence-electron chi connectivity index (χ4n) is 2.95. The third-order valence-corrected chi connectivity index (χ3v) is 4.27. The van der Waals surface area contributed by atoms with E-state index in [1.54, 1.807) is 0 Å². The lowest BCUT2D eigenvalue weighted by molar-refractivity contribution is -0.304. The van der Waals surface area contributed by atoms with E-state index in [1.165, 1.54) is 16.7 Å². The van der Waals surface area contributed by atoms with Gasteiger partial charge in [-0.3, -0.25) is 0 Å². The number of fused-ring (bicyclic) bond motifs is 1. The van der Waals surface area contributed by atoms with Gasteiger partial charge in [-0.25, -0.2) is 0 Å². The van der Waals surface area contributed by atoms with Crippen molar-refractivity contribution in [1.82, 2.24) is 0 Å². The highest BCUT2D eigenvalue weighted by atomic mass is 16.4. The summed E-state index contributed by atoms with van der Waals surface area (Å²) in [6.45, 7) is 11.0. The van der Waals surface area contributed by atoms with Gasteiger partial charge in [0, 0.05) is 12.4 Å². The van der Waals surface area contributed by atoms with E-state index in [2.05, 4.69) is 46.8 Å². The Bertz CT molecular complexity index is 519. The molecule has 0 unspecified atom stereocenters. The average molecular weight is 259 g/mol. The van der Waals surface area contributed by atoms with Crippen LogP contribution in [0.2, 0.25) is 0 Å². The molecule has 0 fully saturated rings. The number of carbonyl (C=O) groups is 1. The number of benzene rings is 1. The number of rotatable bonds is 2. The van der Waals surface area contributed by atoms with Gasteiger partial charge in [0.05, 0.1) is 0 Å². The fraction of sp³-hybridized carbons (Fsp3) is 0.588. The molecule has 0 N–H and O–H groups in total. The van der Waals surface area contributed by atoms with Crippen LogP contribution in [0.3, 0.4) is 0 Å². The van der Waals surface area contributed by atoms with Crippen LogP contribution in [0.25, 0.3) is 0 Å². The molecule has 1 aliphatic carbocycles. The molecule has 0 aromatic heterocycles. The minimum Gasteiger partial charge on any atom is -0.550 e. The van der Waals surface area contributed by atoms with Gasteiger partial charge in [-0.2, -0.15) is 0 Å². The molecule has 19 heavy (non-hydrogen) atoms. The highest BCUT2D eigenvalue weighted by Gasteiger charge is 2.32. The molecule has 0 aliphatic heterocycles. The summed E-state index contributed by atoms with van der Waals surface area (Å²) < 4.78 is 0. The van der Waals surface area contributed by atoms with E-state index in [1.807, 2.05) is 0 Å². The number of aliphatic carboxylic acids is 1. The summed E-state index contributed by atoms with van der Waals surface area (Å²) in [6, 6.07) is 4.34. The molecule has 1 aliphatic rings. The quantitative estimate of drug-likeness (QED) is 0.818. The Labute approximate surface area is 115 Å². The average Bonchev–Trinajstić information content (AvgIpc) is 2.53. The Morgan fingerprint density at radius 3 is 2.47 bits per heavy atom. The number of hydrogen-bond donors (Lipinski definition) is 0. The molecule has 2 heteroatoms. The van der Waals surface area contributed by atoms with Crippen molar-refractivity contribution in [2.75, 3.05) is 0 Å². The maximum absolute atomic E-state index is 11.0. The van der Waals surface area contributed by atoms with E-state index < -0.39 is 5.97 Å². The van der Waals surface area contributed by atoms with Crippen molar-refractivity contribution in [3.63, 3.8) is 0 Å². The first-order chi connectivity index (χ1) is 8.61. The van der Waals surface area contributed by atoms with Gasteiger partial charge in [0.15, 0.2) is 0 Å². The predicted octanol–water partition coefficient (Wildman–Crippen LogP) is 2.50. The van der Waals surface area contributed by atoms with Crippen molar-refractivity contribution in [1.29, 1.82) is 0 Å². The highest BCUT2D eigenvalue weighted by Crippen LogP contribution is 2.42. The third-order valence-electron chi connectivity index (χ3n) is 4.27. The molecule has 1 aromatic carbocycles. The molecule has 0 heterocycles. The van der Waals surface area contributed by atoms with E-state index in [0.29, 0.717) is 0 Å². The number of carbonyl (C=O) groups excluding carboxylic acids is 1. The molecule has 1 aromatic rings. The van der Waals surface area contributed by atoms with Gasteiger partial charge in [0.25, 0.3) is 0 Å². The SMILES string of the molecule is CC(C)(C)c1cc(CC(=O)[O-])c2c(c1)C(C)(C)CC2. The van der Waals surface area contributed by atoms with Crippen LogP contribution in [0, 0.1) is 0 Å². The molecule has 0 saturated carbocycles. The van der Waals surface area contributed by atoms with E-state index in [-0.39, 0.29) is 17.3 Å². The molecule has 104 valence electrons. The molecular weight excluding hydrogens is 236 g/mol. The van der Waals surface area contributed by atoms with Crippen LogP contribution in [0.1, 0.15) is 63.3 Å².